The Kier molecular flexibility index (Phi) is 2.56. The number of benzene rings is 1. The van der Waals surface area contributed by atoms with Gasteiger partial charge < -0.3 is 4.98 Å². The van der Waals surface area contributed by atoms with Crippen LogP contribution >= 0.6 is 11.3 Å². The smallest absolute Gasteiger partial charge is 0.257 e. The molecular formula is C12H10N4OS. The van der Waals surface area contributed by atoms with Gasteiger partial charge in [0.05, 0.1) is 0 Å². The molecule has 0 saturated heterocycles. The first-order chi connectivity index (χ1) is 8.72. The summed E-state index contributed by atoms with van der Waals surface area (Å²) in [4.78, 5) is 15.1. The molecule has 1 aromatic carbocycles. The molecule has 2 heterocycles. The number of hydrogen-bond donors (Lipinski definition) is 2. The highest BCUT2D eigenvalue weighted by Crippen LogP contribution is 2.17. The van der Waals surface area contributed by atoms with Crippen LogP contribution in [-0.2, 0) is 0 Å². The van der Waals surface area contributed by atoms with Crippen LogP contribution in [0.15, 0.2) is 30.5 Å². The van der Waals surface area contributed by atoms with Gasteiger partial charge in [0.15, 0.2) is 0 Å². The van der Waals surface area contributed by atoms with Crippen molar-refractivity contribution < 1.29 is 4.79 Å². The Morgan fingerprint density at radius 2 is 2.22 bits per heavy atom. The minimum atomic E-state index is -0.172. The summed E-state index contributed by atoms with van der Waals surface area (Å²) in [6, 6.07) is 7.44. The van der Waals surface area contributed by atoms with Crippen LogP contribution in [0.1, 0.15) is 15.4 Å². The first-order valence-corrected chi connectivity index (χ1v) is 6.22. The highest BCUT2D eigenvalue weighted by Gasteiger charge is 2.09. The molecule has 90 valence electrons. The van der Waals surface area contributed by atoms with Crippen LogP contribution in [0, 0.1) is 6.92 Å². The van der Waals surface area contributed by atoms with Gasteiger partial charge in [0.1, 0.15) is 5.01 Å². The lowest BCUT2D eigenvalue weighted by atomic mass is 10.1. The van der Waals surface area contributed by atoms with Crippen LogP contribution in [0.2, 0.25) is 0 Å². The summed E-state index contributed by atoms with van der Waals surface area (Å²) in [7, 11) is 0. The molecule has 2 aromatic heterocycles. The predicted molar refractivity (Wildman–Crippen MR) is 70.9 cm³/mol. The van der Waals surface area contributed by atoms with E-state index >= 15 is 0 Å². The SMILES string of the molecule is Cc1nnc(NC(=O)c2ccc3[nH]ccc3c2)s1. The number of aromatic amines is 1. The minimum Gasteiger partial charge on any atom is -0.361 e. The fourth-order valence-electron chi connectivity index (χ4n) is 1.71. The average molecular weight is 258 g/mol. The molecule has 2 N–H and O–H groups in total. The first-order valence-electron chi connectivity index (χ1n) is 5.41. The number of amides is 1. The van der Waals surface area contributed by atoms with E-state index in [1.54, 1.807) is 6.07 Å². The largest absolute Gasteiger partial charge is 0.361 e. The Morgan fingerprint density at radius 3 is 3.00 bits per heavy atom. The maximum absolute atomic E-state index is 12.0. The average Bonchev–Trinajstić information content (AvgIpc) is 2.96. The lowest BCUT2D eigenvalue weighted by Gasteiger charge is -2.01. The maximum Gasteiger partial charge on any atom is 0.257 e. The summed E-state index contributed by atoms with van der Waals surface area (Å²) in [6.45, 7) is 1.85. The van der Waals surface area contributed by atoms with E-state index in [4.69, 9.17) is 0 Å². The Bertz CT molecular complexity index is 716. The van der Waals surface area contributed by atoms with Crippen molar-refractivity contribution in [2.45, 2.75) is 6.92 Å². The van der Waals surface area contributed by atoms with Crippen LogP contribution in [0.5, 0.6) is 0 Å². The van der Waals surface area contributed by atoms with Crippen molar-refractivity contribution in [1.29, 1.82) is 0 Å². The van der Waals surface area contributed by atoms with Crippen LogP contribution in [0.4, 0.5) is 5.13 Å². The van der Waals surface area contributed by atoms with E-state index in [0.717, 1.165) is 15.9 Å². The van der Waals surface area contributed by atoms with Crippen molar-refractivity contribution in [2.75, 3.05) is 5.32 Å². The van der Waals surface area contributed by atoms with Gasteiger partial charge >= 0.3 is 0 Å². The fraction of sp³-hybridized carbons (Fsp3) is 0.0833. The van der Waals surface area contributed by atoms with E-state index in [0.29, 0.717) is 10.7 Å². The number of nitrogens with one attached hydrogen (secondary N) is 2. The van der Waals surface area contributed by atoms with Gasteiger partial charge in [-0.1, -0.05) is 11.3 Å². The van der Waals surface area contributed by atoms with Crippen LogP contribution in [-0.4, -0.2) is 21.1 Å². The van der Waals surface area contributed by atoms with Crippen molar-refractivity contribution in [1.82, 2.24) is 15.2 Å². The van der Waals surface area contributed by atoms with E-state index < -0.39 is 0 Å². The number of rotatable bonds is 2. The van der Waals surface area contributed by atoms with Crippen LogP contribution < -0.4 is 5.32 Å². The van der Waals surface area contributed by atoms with Crippen molar-refractivity contribution >= 4 is 33.3 Å². The van der Waals surface area contributed by atoms with Gasteiger partial charge in [-0.05, 0) is 31.2 Å². The summed E-state index contributed by atoms with van der Waals surface area (Å²) in [5.74, 6) is -0.172. The monoisotopic (exact) mass is 258 g/mol. The van der Waals surface area contributed by atoms with E-state index in [1.165, 1.54) is 11.3 Å². The topological polar surface area (TPSA) is 70.7 Å². The molecule has 0 bridgehead atoms. The second kappa shape index (κ2) is 4.23. The molecule has 3 aromatic rings. The number of carbonyl (C=O) groups excluding carboxylic acids is 1. The molecular weight excluding hydrogens is 248 g/mol. The van der Waals surface area contributed by atoms with Gasteiger partial charge in [-0.25, -0.2) is 0 Å². The molecule has 0 unspecified atom stereocenters. The normalized spacial score (nSPS) is 10.7. The van der Waals surface area contributed by atoms with Crippen molar-refractivity contribution in [3.8, 4) is 0 Å². The van der Waals surface area contributed by atoms with Crippen molar-refractivity contribution in [3.05, 3.63) is 41.0 Å². The summed E-state index contributed by atoms with van der Waals surface area (Å²) in [6.07, 6.45) is 1.85. The number of aromatic nitrogens is 3. The number of hydrogen-bond acceptors (Lipinski definition) is 4. The minimum absolute atomic E-state index is 0.172. The molecule has 3 rings (SSSR count). The van der Waals surface area contributed by atoms with Gasteiger partial charge in [-0.15, -0.1) is 10.2 Å². The van der Waals surface area contributed by atoms with Gasteiger partial charge in [0.2, 0.25) is 5.13 Å². The highest BCUT2D eigenvalue weighted by atomic mass is 32.1. The van der Waals surface area contributed by atoms with Crippen LogP contribution in [0.25, 0.3) is 10.9 Å². The van der Waals surface area contributed by atoms with Gasteiger partial charge in [0.25, 0.3) is 5.91 Å². The number of fused-ring (bicyclic) bond motifs is 1. The third kappa shape index (κ3) is 1.98. The molecule has 0 radical (unpaired) electrons. The summed E-state index contributed by atoms with van der Waals surface area (Å²) in [5, 5.41) is 12.8. The van der Waals surface area contributed by atoms with E-state index in [2.05, 4.69) is 20.5 Å². The second-order valence-electron chi connectivity index (χ2n) is 3.86. The summed E-state index contributed by atoms with van der Waals surface area (Å²) in [5.41, 5.74) is 1.62. The lowest BCUT2D eigenvalue weighted by molar-refractivity contribution is 0.102. The molecule has 0 atom stereocenters. The first kappa shape index (κ1) is 10.9. The molecule has 5 nitrogen and oxygen atoms in total. The highest BCUT2D eigenvalue weighted by molar-refractivity contribution is 7.15. The molecule has 0 aliphatic heterocycles. The molecule has 1 amide bonds. The van der Waals surface area contributed by atoms with E-state index in [-0.39, 0.29) is 5.91 Å². The molecule has 18 heavy (non-hydrogen) atoms. The molecule has 0 aliphatic carbocycles. The molecule has 0 saturated carbocycles. The van der Waals surface area contributed by atoms with Crippen molar-refractivity contribution in [2.24, 2.45) is 0 Å². The molecule has 6 heteroatoms. The number of H-pyrrole nitrogens is 1. The standard InChI is InChI=1S/C12H10N4OS/c1-7-15-16-12(18-7)14-11(17)9-2-3-10-8(6-9)4-5-13-10/h2-6,13H,1H3,(H,14,16,17). The quantitative estimate of drug-likeness (QED) is 0.742. The summed E-state index contributed by atoms with van der Waals surface area (Å²) < 4.78 is 0. The number of aryl methyl sites for hydroxylation is 1. The Hall–Kier alpha value is -2.21. The Balaban J connectivity index is 1.87. The molecule has 0 aliphatic rings. The summed E-state index contributed by atoms with van der Waals surface area (Å²) >= 11 is 1.36. The third-order valence-corrected chi connectivity index (χ3v) is 3.32. The number of carbonyl (C=O) groups is 1. The van der Waals surface area contributed by atoms with Gasteiger partial charge in [-0.2, -0.15) is 0 Å². The third-order valence-electron chi connectivity index (χ3n) is 2.56. The van der Waals surface area contributed by atoms with E-state index in [9.17, 15) is 4.79 Å². The molecule has 0 fully saturated rings. The zero-order chi connectivity index (χ0) is 12.5. The zero-order valence-corrected chi connectivity index (χ0v) is 10.4. The van der Waals surface area contributed by atoms with Gasteiger partial charge in [0, 0.05) is 22.7 Å². The fourth-order valence-corrected chi connectivity index (χ4v) is 2.30. The Morgan fingerprint density at radius 1 is 1.33 bits per heavy atom. The zero-order valence-electron chi connectivity index (χ0n) is 9.60. The number of nitrogens with zero attached hydrogens (tertiary/aromatic N) is 2. The van der Waals surface area contributed by atoms with E-state index in [1.807, 2.05) is 31.3 Å². The maximum atomic E-state index is 12.0. The van der Waals surface area contributed by atoms with Crippen LogP contribution in [0.3, 0.4) is 0 Å². The second-order valence-corrected chi connectivity index (χ2v) is 5.04. The molecule has 0 spiro atoms. The van der Waals surface area contributed by atoms with Gasteiger partial charge in [-0.3, -0.25) is 10.1 Å². The Labute approximate surface area is 107 Å². The number of anilines is 1. The lowest BCUT2D eigenvalue weighted by Crippen LogP contribution is -2.11. The van der Waals surface area contributed by atoms with Crippen molar-refractivity contribution in [3.63, 3.8) is 0 Å². The predicted octanol–water partition coefficient (Wildman–Crippen LogP) is 2.58.